The van der Waals surface area contributed by atoms with Crippen molar-refractivity contribution in [3.8, 4) is 17.2 Å². The molecule has 1 aliphatic rings. The number of carbonyl (C=O) groups excluding carboxylic acids is 1. The number of hydrogen-bond acceptors (Lipinski definition) is 4. The van der Waals surface area contributed by atoms with Crippen LogP contribution in [0.2, 0.25) is 0 Å². The largest absolute Gasteiger partial charge is 0.497 e. The number of rotatable bonds is 4. The van der Waals surface area contributed by atoms with Crippen LogP contribution in [0.3, 0.4) is 0 Å². The molecule has 23 heavy (non-hydrogen) atoms. The molecule has 2 aromatic rings. The highest BCUT2D eigenvalue weighted by molar-refractivity contribution is 9.09. The van der Waals surface area contributed by atoms with Gasteiger partial charge in [-0.05, 0) is 12.1 Å². The van der Waals surface area contributed by atoms with E-state index in [0.29, 0.717) is 22.6 Å². The first-order chi connectivity index (χ1) is 11.2. The van der Waals surface area contributed by atoms with Gasteiger partial charge in [0.2, 0.25) is 0 Å². The number of methoxy groups -OCH3 is 2. The number of fused-ring (bicyclic) bond motifs is 1. The fourth-order valence-electron chi connectivity index (χ4n) is 2.99. The van der Waals surface area contributed by atoms with Gasteiger partial charge in [0.25, 0.3) is 0 Å². The van der Waals surface area contributed by atoms with Gasteiger partial charge < -0.3 is 14.2 Å². The standard InChI is InChI=1S/C18H17BrO4/c1-21-11-7-8-13(16(9-11)22-2)17-14(10-19)12-5-3-4-6-15(12)23-18(17)20/h3-9,14,17H,10H2,1-2H3. The van der Waals surface area contributed by atoms with Crippen molar-refractivity contribution in [3.05, 3.63) is 53.6 Å². The van der Waals surface area contributed by atoms with Crippen molar-refractivity contribution < 1.29 is 19.0 Å². The number of carbonyl (C=O) groups is 1. The van der Waals surface area contributed by atoms with E-state index >= 15 is 0 Å². The maximum Gasteiger partial charge on any atom is 0.319 e. The fourth-order valence-corrected chi connectivity index (χ4v) is 3.71. The van der Waals surface area contributed by atoms with Crippen molar-refractivity contribution in [2.45, 2.75) is 11.8 Å². The van der Waals surface area contributed by atoms with Crippen LogP contribution in [0.4, 0.5) is 0 Å². The van der Waals surface area contributed by atoms with Crippen molar-refractivity contribution in [2.24, 2.45) is 0 Å². The highest BCUT2D eigenvalue weighted by Gasteiger charge is 2.39. The van der Waals surface area contributed by atoms with Gasteiger partial charge in [-0.1, -0.05) is 40.2 Å². The molecule has 0 bridgehead atoms. The van der Waals surface area contributed by atoms with E-state index in [1.54, 1.807) is 20.3 Å². The predicted molar refractivity (Wildman–Crippen MR) is 90.9 cm³/mol. The molecule has 2 aromatic carbocycles. The summed E-state index contributed by atoms with van der Waals surface area (Å²) < 4.78 is 16.2. The molecule has 0 aromatic heterocycles. The molecule has 0 aliphatic carbocycles. The van der Waals surface area contributed by atoms with Gasteiger partial charge in [0.05, 0.1) is 20.1 Å². The van der Waals surface area contributed by atoms with Gasteiger partial charge in [-0.25, -0.2) is 0 Å². The van der Waals surface area contributed by atoms with Crippen LogP contribution in [-0.2, 0) is 4.79 Å². The Morgan fingerprint density at radius 2 is 1.87 bits per heavy atom. The third-order valence-electron chi connectivity index (χ3n) is 4.13. The smallest absolute Gasteiger partial charge is 0.319 e. The summed E-state index contributed by atoms with van der Waals surface area (Å²) in [6.07, 6.45) is 0. The van der Waals surface area contributed by atoms with Crippen molar-refractivity contribution in [1.82, 2.24) is 0 Å². The molecule has 1 aliphatic heterocycles. The van der Waals surface area contributed by atoms with E-state index in [1.807, 2.05) is 36.4 Å². The number of esters is 1. The van der Waals surface area contributed by atoms with E-state index in [4.69, 9.17) is 14.2 Å². The van der Waals surface area contributed by atoms with E-state index in [9.17, 15) is 4.79 Å². The molecule has 120 valence electrons. The quantitative estimate of drug-likeness (QED) is 0.461. The third kappa shape index (κ3) is 2.81. The number of para-hydroxylation sites is 1. The average Bonchev–Trinajstić information content (AvgIpc) is 2.60. The van der Waals surface area contributed by atoms with Gasteiger partial charge >= 0.3 is 5.97 Å². The first kappa shape index (κ1) is 15.9. The molecule has 2 unspecified atom stereocenters. The van der Waals surface area contributed by atoms with Crippen LogP contribution in [0.15, 0.2) is 42.5 Å². The average molecular weight is 377 g/mol. The Morgan fingerprint density at radius 3 is 2.57 bits per heavy atom. The van der Waals surface area contributed by atoms with E-state index in [2.05, 4.69) is 15.9 Å². The zero-order valence-electron chi connectivity index (χ0n) is 12.9. The first-order valence-corrected chi connectivity index (χ1v) is 8.40. The lowest BCUT2D eigenvalue weighted by molar-refractivity contribution is -0.137. The number of benzene rings is 2. The lowest BCUT2D eigenvalue weighted by atomic mass is 9.80. The topological polar surface area (TPSA) is 44.8 Å². The van der Waals surface area contributed by atoms with Gasteiger partial charge in [-0.2, -0.15) is 0 Å². The summed E-state index contributed by atoms with van der Waals surface area (Å²) in [5.74, 6) is 1.23. The number of halogens is 1. The van der Waals surface area contributed by atoms with Gasteiger partial charge in [0.1, 0.15) is 17.2 Å². The molecule has 0 saturated carbocycles. The second-order valence-electron chi connectivity index (χ2n) is 5.31. The van der Waals surface area contributed by atoms with Crippen molar-refractivity contribution in [1.29, 1.82) is 0 Å². The lowest BCUT2D eigenvalue weighted by Gasteiger charge is -2.31. The Hall–Kier alpha value is -2.01. The summed E-state index contributed by atoms with van der Waals surface area (Å²) in [6.45, 7) is 0. The molecule has 1 heterocycles. The second kappa shape index (κ2) is 6.62. The van der Waals surface area contributed by atoms with E-state index < -0.39 is 5.92 Å². The SMILES string of the molecule is COc1ccc(C2C(=O)Oc3ccccc3C2CBr)c(OC)c1. The van der Waals surface area contributed by atoms with Crippen LogP contribution in [0.1, 0.15) is 23.0 Å². The molecule has 0 spiro atoms. The summed E-state index contributed by atoms with van der Waals surface area (Å²) in [5.41, 5.74) is 1.82. The van der Waals surface area contributed by atoms with Crippen LogP contribution in [0.25, 0.3) is 0 Å². The van der Waals surface area contributed by atoms with Crippen LogP contribution in [-0.4, -0.2) is 25.5 Å². The van der Waals surface area contributed by atoms with Crippen LogP contribution >= 0.6 is 15.9 Å². The fraction of sp³-hybridized carbons (Fsp3) is 0.278. The lowest BCUT2D eigenvalue weighted by Crippen LogP contribution is -2.31. The molecule has 5 heteroatoms. The summed E-state index contributed by atoms with van der Waals surface area (Å²) in [6, 6.07) is 13.1. The minimum atomic E-state index is -0.426. The Balaban J connectivity index is 2.10. The Morgan fingerprint density at radius 1 is 1.09 bits per heavy atom. The maximum absolute atomic E-state index is 12.6. The van der Waals surface area contributed by atoms with Crippen LogP contribution in [0, 0.1) is 0 Å². The van der Waals surface area contributed by atoms with E-state index in [1.165, 1.54) is 0 Å². The van der Waals surface area contributed by atoms with Crippen molar-refractivity contribution in [2.75, 3.05) is 19.5 Å². The molecule has 4 nitrogen and oxygen atoms in total. The molecular weight excluding hydrogens is 360 g/mol. The molecule has 3 rings (SSSR count). The van der Waals surface area contributed by atoms with E-state index in [0.717, 1.165) is 11.1 Å². The molecule has 0 N–H and O–H groups in total. The zero-order chi connectivity index (χ0) is 16.4. The summed E-state index contributed by atoms with van der Waals surface area (Å²) in [7, 11) is 3.18. The minimum Gasteiger partial charge on any atom is -0.497 e. The summed E-state index contributed by atoms with van der Waals surface area (Å²) >= 11 is 3.55. The van der Waals surface area contributed by atoms with Crippen molar-refractivity contribution >= 4 is 21.9 Å². The first-order valence-electron chi connectivity index (χ1n) is 7.28. The molecule has 2 atom stereocenters. The Labute approximate surface area is 143 Å². The minimum absolute atomic E-state index is 0.0188. The summed E-state index contributed by atoms with van der Waals surface area (Å²) in [4.78, 5) is 12.6. The third-order valence-corrected chi connectivity index (χ3v) is 4.82. The number of ether oxygens (including phenoxy) is 3. The van der Waals surface area contributed by atoms with Crippen LogP contribution in [0.5, 0.6) is 17.2 Å². The summed E-state index contributed by atoms with van der Waals surface area (Å²) in [5, 5.41) is 0.652. The normalized spacial score (nSPS) is 19.7. The predicted octanol–water partition coefficient (Wildman–Crippen LogP) is 3.89. The molecule has 0 amide bonds. The van der Waals surface area contributed by atoms with E-state index in [-0.39, 0.29) is 11.9 Å². The van der Waals surface area contributed by atoms with Gasteiger partial charge in [0, 0.05) is 28.4 Å². The van der Waals surface area contributed by atoms with Crippen LogP contribution < -0.4 is 14.2 Å². The van der Waals surface area contributed by atoms with Gasteiger partial charge in [0.15, 0.2) is 0 Å². The maximum atomic E-state index is 12.6. The molecular formula is C18H17BrO4. The van der Waals surface area contributed by atoms with Gasteiger partial charge in [-0.15, -0.1) is 0 Å². The Bertz CT molecular complexity index is 729. The molecule has 0 fully saturated rings. The molecule has 0 radical (unpaired) electrons. The number of hydrogen-bond donors (Lipinski definition) is 0. The van der Waals surface area contributed by atoms with Gasteiger partial charge in [-0.3, -0.25) is 4.79 Å². The Kier molecular flexibility index (Phi) is 4.57. The monoisotopic (exact) mass is 376 g/mol. The highest BCUT2D eigenvalue weighted by Crippen LogP contribution is 2.46. The molecule has 0 saturated heterocycles. The second-order valence-corrected chi connectivity index (χ2v) is 5.95. The number of alkyl halides is 1. The van der Waals surface area contributed by atoms with Crippen molar-refractivity contribution in [3.63, 3.8) is 0 Å². The highest BCUT2D eigenvalue weighted by atomic mass is 79.9. The zero-order valence-corrected chi connectivity index (χ0v) is 14.5.